The van der Waals surface area contributed by atoms with Crippen molar-refractivity contribution in [2.45, 2.75) is 26.1 Å². The van der Waals surface area contributed by atoms with Gasteiger partial charge in [0.25, 0.3) is 0 Å². The summed E-state index contributed by atoms with van der Waals surface area (Å²) in [7, 11) is 3.31. The highest BCUT2D eigenvalue weighted by atomic mass is 16.7. The Kier molecular flexibility index (Phi) is 3.11. The fraction of sp³-hybridized carbons (Fsp3) is 0.818. The van der Waals surface area contributed by atoms with Gasteiger partial charge in [-0.1, -0.05) is 11.6 Å². The van der Waals surface area contributed by atoms with Crippen LogP contribution in [0.4, 0.5) is 0 Å². The van der Waals surface area contributed by atoms with E-state index in [1.165, 1.54) is 18.4 Å². The lowest BCUT2D eigenvalue weighted by atomic mass is 9.98. The molecule has 1 saturated carbocycles. The lowest BCUT2D eigenvalue weighted by Gasteiger charge is -2.36. The predicted molar refractivity (Wildman–Crippen MR) is 57.9 cm³/mol. The smallest absolute Gasteiger partial charge is 0.187 e. The van der Waals surface area contributed by atoms with E-state index >= 15 is 0 Å². The van der Waals surface area contributed by atoms with E-state index in [1.54, 1.807) is 14.2 Å². The molecule has 1 unspecified atom stereocenters. The van der Waals surface area contributed by atoms with Crippen molar-refractivity contribution in [3.8, 4) is 0 Å². The quantitative estimate of drug-likeness (QED) is 0.430. The Morgan fingerprint density at radius 3 is 2.73 bits per heavy atom. The number of hydrogen-bond donors (Lipinski definition) is 1. The van der Waals surface area contributed by atoms with E-state index in [9.17, 15) is 0 Å². The van der Waals surface area contributed by atoms with Crippen LogP contribution in [0.1, 0.15) is 19.8 Å². The third-order valence-corrected chi connectivity index (χ3v) is 3.19. The minimum absolute atomic E-state index is 0.142. The highest BCUT2D eigenvalue weighted by Gasteiger charge is 2.45. The molecule has 0 bridgehead atoms. The van der Waals surface area contributed by atoms with Crippen LogP contribution in [0.3, 0.4) is 0 Å². The van der Waals surface area contributed by atoms with Crippen LogP contribution in [0, 0.1) is 5.41 Å². The molecule has 4 heteroatoms. The van der Waals surface area contributed by atoms with Crippen LogP contribution in [-0.2, 0) is 9.57 Å². The Morgan fingerprint density at radius 2 is 2.20 bits per heavy atom. The number of nitrogens with one attached hydrogen (secondary N) is 1. The molecule has 4 nitrogen and oxygen atoms in total. The molecule has 1 heterocycles. The van der Waals surface area contributed by atoms with Gasteiger partial charge in [0.1, 0.15) is 0 Å². The van der Waals surface area contributed by atoms with Gasteiger partial charge in [-0.15, -0.1) is 0 Å². The molecule has 1 N–H and O–H groups in total. The highest BCUT2D eigenvalue weighted by Crippen LogP contribution is 2.50. The van der Waals surface area contributed by atoms with Gasteiger partial charge in [0.05, 0.1) is 7.11 Å². The van der Waals surface area contributed by atoms with E-state index in [0.29, 0.717) is 5.41 Å². The zero-order valence-corrected chi connectivity index (χ0v) is 9.75. The topological polar surface area (TPSA) is 33.7 Å². The molecule has 2 aliphatic rings. The normalized spacial score (nSPS) is 26.5. The van der Waals surface area contributed by atoms with Crippen molar-refractivity contribution in [1.82, 2.24) is 10.4 Å². The van der Waals surface area contributed by atoms with Gasteiger partial charge in [-0.3, -0.25) is 4.90 Å². The number of hydrogen-bond acceptors (Lipinski definition) is 4. The number of ether oxygens (including phenoxy) is 1. The predicted octanol–water partition coefficient (Wildman–Crippen LogP) is 1.11. The number of hydroxylamine groups is 1. The minimum atomic E-state index is -0.142. The van der Waals surface area contributed by atoms with Crippen LogP contribution < -0.4 is 5.48 Å². The molecule has 2 rings (SSSR count). The van der Waals surface area contributed by atoms with Crippen LogP contribution in [-0.4, -0.2) is 38.6 Å². The number of methoxy groups -OCH3 is 1. The zero-order valence-electron chi connectivity index (χ0n) is 9.75. The van der Waals surface area contributed by atoms with Crippen molar-refractivity contribution in [3.63, 3.8) is 0 Å². The summed E-state index contributed by atoms with van der Waals surface area (Å²) >= 11 is 0. The van der Waals surface area contributed by atoms with E-state index < -0.39 is 0 Å². The molecular formula is C11H20N2O2. The summed E-state index contributed by atoms with van der Waals surface area (Å²) in [6, 6.07) is 0. The summed E-state index contributed by atoms with van der Waals surface area (Å²) in [4.78, 5) is 7.22. The maximum Gasteiger partial charge on any atom is 0.187 e. The average molecular weight is 212 g/mol. The Morgan fingerprint density at radius 1 is 1.47 bits per heavy atom. The molecule has 1 aliphatic carbocycles. The standard InChI is InChI=1S/C11H20N2O2/c1-9-6-11(4-5-11)8-13(7-9)10(14-2)12-15-3/h6,10,12H,4-5,7-8H2,1-3H3. The van der Waals surface area contributed by atoms with Gasteiger partial charge in [0, 0.05) is 25.6 Å². The summed E-state index contributed by atoms with van der Waals surface area (Å²) < 4.78 is 5.36. The van der Waals surface area contributed by atoms with Crippen LogP contribution in [0.15, 0.2) is 11.6 Å². The second-order valence-corrected chi connectivity index (χ2v) is 4.67. The van der Waals surface area contributed by atoms with Crippen molar-refractivity contribution >= 4 is 0 Å². The SMILES string of the molecule is CONC(OC)N1CC(C)=CC2(CC2)C1. The van der Waals surface area contributed by atoms with E-state index in [0.717, 1.165) is 13.1 Å². The Labute approximate surface area is 91.2 Å². The van der Waals surface area contributed by atoms with Crippen molar-refractivity contribution in [2.24, 2.45) is 5.41 Å². The van der Waals surface area contributed by atoms with Crippen LogP contribution in [0.5, 0.6) is 0 Å². The fourth-order valence-electron chi connectivity index (χ4n) is 2.40. The van der Waals surface area contributed by atoms with Gasteiger partial charge < -0.3 is 9.57 Å². The third-order valence-electron chi connectivity index (χ3n) is 3.19. The average Bonchev–Trinajstić information content (AvgIpc) is 2.92. The molecule has 0 saturated heterocycles. The molecule has 86 valence electrons. The zero-order chi connectivity index (χ0) is 10.9. The molecular weight excluding hydrogens is 192 g/mol. The molecule has 1 atom stereocenters. The third kappa shape index (κ3) is 2.39. The maximum atomic E-state index is 5.36. The summed E-state index contributed by atoms with van der Waals surface area (Å²) in [6.07, 6.45) is 4.91. The number of rotatable bonds is 4. The lowest BCUT2D eigenvalue weighted by Crippen LogP contribution is -2.50. The van der Waals surface area contributed by atoms with Gasteiger partial charge in [-0.05, 0) is 19.8 Å². The molecule has 15 heavy (non-hydrogen) atoms. The number of nitrogens with zero attached hydrogens (tertiary/aromatic N) is 1. The van der Waals surface area contributed by atoms with E-state index in [4.69, 9.17) is 9.57 Å². The monoisotopic (exact) mass is 212 g/mol. The molecule has 0 aromatic rings. The summed E-state index contributed by atoms with van der Waals surface area (Å²) in [6.45, 7) is 4.21. The van der Waals surface area contributed by atoms with Gasteiger partial charge in [0.2, 0.25) is 0 Å². The first-order valence-electron chi connectivity index (χ1n) is 5.43. The molecule has 0 amide bonds. The van der Waals surface area contributed by atoms with Crippen molar-refractivity contribution in [3.05, 3.63) is 11.6 Å². The van der Waals surface area contributed by atoms with E-state index in [1.807, 2.05) is 0 Å². The van der Waals surface area contributed by atoms with Crippen molar-refractivity contribution in [2.75, 3.05) is 27.3 Å². The molecule has 0 aromatic carbocycles. The Hall–Kier alpha value is -0.420. The molecule has 1 aliphatic heterocycles. The maximum absolute atomic E-state index is 5.36. The highest BCUT2D eigenvalue weighted by molar-refractivity contribution is 5.20. The van der Waals surface area contributed by atoms with Crippen molar-refractivity contribution in [1.29, 1.82) is 0 Å². The second-order valence-electron chi connectivity index (χ2n) is 4.67. The molecule has 0 radical (unpaired) electrons. The van der Waals surface area contributed by atoms with Crippen LogP contribution >= 0.6 is 0 Å². The van der Waals surface area contributed by atoms with E-state index in [-0.39, 0.29) is 6.35 Å². The molecule has 1 fully saturated rings. The van der Waals surface area contributed by atoms with E-state index in [2.05, 4.69) is 23.4 Å². The first kappa shape index (κ1) is 11.1. The second kappa shape index (κ2) is 4.22. The largest absolute Gasteiger partial charge is 0.351 e. The molecule has 0 aromatic heterocycles. The first-order chi connectivity index (χ1) is 7.19. The summed E-state index contributed by atoms with van der Waals surface area (Å²) in [5.74, 6) is 0. The fourth-order valence-corrected chi connectivity index (χ4v) is 2.40. The summed E-state index contributed by atoms with van der Waals surface area (Å²) in [5, 5.41) is 0. The van der Waals surface area contributed by atoms with Gasteiger partial charge in [-0.25, -0.2) is 0 Å². The van der Waals surface area contributed by atoms with Crippen LogP contribution in [0.2, 0.25) is 0 Å². The lowest BCUT2D eigenvalue weighted by molar-refractivity contribution is -0.137. The van der Waals surface area contributed by atoms with Crippen LogP contribution in [0.25, 0.3) is 0 Å². The Balaban J connectivity index is 2.01. The Bertz CT molecular complexity index is 261. The first-order valence-corrected chi connectivity index (χ1v) is 5.43. The van der Waals surface area contributed by atoms with Gasteiger partial charge >= 0.3 is 0 Å². The minimum Gasteiger partial charge on any atom is -0.351 e. The molecule has 1 spiro atoms. The summed E-state index contributed by atoms with van der Waals surface area (Å²) in [5.41, 5.74) is 4.73. The van der Waals surface area contributed by atoms with Crippen molar-refractivity contribution < 1.29 is 9.57 Å². The van der Waals surface area contributed by atoms with Gasteiger partial charge in [0.15, 0.2) is 6.35 Å². The van der Waals surface area contributed by atoms with Gasteiger partial charge in [-0.2, -0.15) is 5.48 Å².